The topological polar surface area (TPSA) is 15.3 Å². The van der Waals surface area contributed by atoms with Crippen LogP contribution >= 0.6 is 15.9 Å². The van der Waals surface area contributed by atoms with Gasteiger partial charge in [-0.25, -0.2) is 0 Å². The van der Waals surface area contributed by atoms with Crippen molar-refractivity contribution in [3.05, 3.63) is 28.2 Å². The standard InChI is InChI=1S/C18H29BrN2/c1-5-18(4)9-11-21(12-10-18)15-7-8-16(17(19)13-15)14(3)20-6-2/h7-8,13-14,20H,5-6,9-12H2,1-4H3. The number of anilines is 1. The zero-order chi connectivity index (χ0) is 15.5. The van der Waals surface area contributed by atoms with E-state index >= 15 is 0 Å². The highest BCUT2D eigenvalue weighted by molar-refractivity contribution is 9.10. The summed E-state index contributed by atoms with van der Waals surface area (Å²) in [6.45, 7) is 12.5. The molecule has 1 unspecified atom stereocenters. The third kappa shape index (κ3) is 4.01. The number of benzene rings is 1. The molecule has 1 saturated heterocycles. The van der Waals surface area contributed by atoms with E-state index in [-0.39, 0.29) is 0 Å². The van der Waals surface area contributed by atoms with Crippen molar-refractivity contribution >= 4 is 21.6 Å². The Kier molecular flexibility index (Phi) is 5.73. The van der Waals surface area contributed by atoms with Gasteiger partial charge in [0.2, 0.25) is 0 Å². The molecule has 1 aliphatic rings. The summed E-state index contributed by atoms with van der Waals surface area (Å²) in [7, 11) is 0. The third-order valence-electron chi connectivity index (χ3n) is 5.15. The minimum Gasteiger partial charge on any atom is -0.371 e. The largest absolute Gasteiger partial charge is 0.371 e. The molecular weight excluding hydrogens is 324 g/mol. The van der Waals surface area contributed by atoms with E-state index in [2.05, 4.69) is 72.0 Å². The summed E-state index contributed by atoms with van der Waals surface area (Å²) in [5.41, 5.74) is 3.25. The van der Waals surface area contributed by atoms with Crippen LogP contribution in [0.3, 0.4) is 0 Å². The average Bonchev–Trinajstić information content (AvgIpc) is 2.48. The Hall–Kier alpha value is -0.540. The Morgan fingerprint density at radius 3 is 2.48 bits per heavy atom. The molecule has 21 heavy (non-hydrogen) atoms. The number of halogens is 1. The second-order valence-corrected chi connectivity index (χ2v) is 7.49. The van der Waals surface area contributed by atoms with Gasteiger partial charge in [-0.3, -0.25) is 0 Å². The van der Waals surface area contributed by atoms with Crippen LogP contribution in [-0.2, 0) is 0 Å². The molecule has 3 heteroatoms. The summed E-state index contributed by atoms with van der Waals surface area (Å²) in [6, 6.07) is 7.23. The second-order valence-electron chi connectivity index (χ2n) is 6.64. The Balaban J connectivity index is 2.07. The fourth-order valence-corrected chi connectivity index (χ4v) is 3.85. The summed E-state index contributed by atoms with van der Waals surface area (Å²) in [5.74, 6) is 0. The molecule has 0 amide bonds. The first-order chi connectivity index (χ1) is 9.99. The molecule has 0 bridgehead atoms. The highest BCUT2D eigenvalue weighted by atomic mass is 79.9. The summed E-state index contributed by atoms with van der Waals surface area (Å²) >= 11 is 3.75. The van der Waals surface area contributed by atoms with Crippen molar-refractivity contribution in [1.82, 2.24) is 5.32 Å². The van der Waals surface area contributed by atoms with Gasteiger partial charge in [-0.15, -0.1) is 0 Å². The van der Waals surface area contributed by atoms with Crippen LogP contribution in [0.1, 0.15) is 58.6 Å². The number of rotatable bonds is 5. The van der Waals surface area contributed by atoms with Gasteiger partial charge in [-0.1, -0.05) is 49.2 Å². The highest BCUT2D eigenvalue weighted by Gasteiger charge is 2.28. The summed E-state index contributed by atoms with van der Waals surface area (Å²) < 4.78 is 1.22. The zero-order valence-corrected chi connectivity index (χ0v) is 15.5. The van der Waals surface area contributed by atoms with Gasteiger partial charge < -0.3 is 10.2 Å². The van der Waals surface area contributed by atoms with Crippen molar-refractivity contribution in [1.29, 1.82) is 0 Å². The molecule has 0 aromatic heterocycles. The quantitative estimate of drug-likeness (QED) is 0.789. The lowest BCUT2D eigenvalue weighted by molar-refractivity contribution is 0.238. The van der Waals surface area contributed by atoms with E-state index in [1.807, 2.05) is 0 Å². The Morgan fingerprint density at radius 1 is 1.29 bits per heavy atom. The minimum atomic E-state index is 0.392. The summed E-state index contributed by atoms with van der Waals surface area (Å²) in [5, 5.41) is 3.48. The molecule has 2 nitrogen and oxygen atoms in total. The Bertz CT molecular complexity index is 464. The lowest BCUT2D eigenvalue weighted by atomic mass is 9.78. The van der Waals surface area contributed by atoms with Crippen LogP contribution in [0.4, 0.5) is 5.69 Å². The molecule has 118 valence electrons. The SMILES string of the molecule is CCNC(C)c1ccc(N2CCC(C)(CC)CC2)cc1Br. The molecule has 0 aliphatic carbocycles. The van der Waals surface area contributed by atoms with Crippen molar-refractivity contribution in [3.63, 3.8) is 0 Å². The van der Waals surface area contributed by atoms with Gasteiger partial charge in [0.15, 0.2) is 0 Å². The molecule has 1 fully saturated rings. The number of nitrogens with zero attached hydrogens (tertiary/aromatic N) is 1. The molecular formula is C18H29BrN2. The van der Waals surface area contributed by atoms with Gasteiger partial charge in [0, 0.05) is 29.3 Å². The molecule has 1 aromatic carbocycles. The van der Waals surface area contributed by atoms with Crippen molar-refractivity contribution in [3.8, 4) is 0 Å². The van der Waals surface area contributed by atoms with Crippen LogP contribution in [0.5, 0.6) is 0 Å². The van der Waals surface area contributed by atoms with Gasteiger partial charge in [-0.05, 0) is 49.4 Å². The molecule has 1 atom stereocenters. The molecule has 2 rings (SSSR count). The minimum absolute atomic E-state index is 0.392. The maximum Gasteiger partial charge on any atom is 0.0377 e. The first-order valence-corrected chi connectivity index (χ1v) is 9.06. The average molecular weight is 353 g/mol. The van der Waals surface area contributed by atoms with Crippen LogP contribution in [0, 0.1) is 5.41 Å². The summed E-state index contributed by atoms with van der Waals surface area (Å²) in [4.78, 5) is 2.53. The van der Waals surface area contributed by atoms with Crippen LogP contribution in [0.15, 0.2) is 22.7 Å². The van der Waals surface area contributed by atoms with E-state index in [1.54, 1.807) is 0 Å². The maximum absolute atomic E-state index is 3.75. The smallest absolute Gasteiger partial charge is 0.0377 e. The van der Waals surface area contributed by atoms with Crippen molar-refractivity contribution in [2.45, 2.75) is 53.0 Å². The van der Waals surface area contributed by atoms with E-state index in [9.17, 15) is 0 Å². The molecule has 1 N–H and O–H groups in total. The van der Waals surface area contributed by atoms with E-state index < -0.39 is 0 Å². The number of hydrogen-bond donors (Lipinski definition) is 1. The van der Waals surface area contributed by atoms with Crippen LogP contribution < -0.4 is 10.2 Å². The third-order valence-corrected chi connectivity index (χ3v) is 5.84. The molecule has 0 spiro atoms. The van der Waals surface area contributed by atoms with Gasteiger partial charge in [0.05, 0.1) is 0 Å². The van der Waals surface area contributed by atoms with Crippen LogP contribution in [0.25, 0.3) is 0 Å². The predicted molar refractivity (Wildman–Crippen MR) is 96.1 cm³/mol. The number of piperidine rings is 1. The lowest BCUT2D eigenvalue weighted by Crippen LogP contribution is -2.38. The molecule has 1 aliphatic heterocycles. The molecule has 1 heterocycles. The molecule has 0 radical (unpaired) electrons. The first kappa shape index (κ1) is 16.8. The van der Waals surface area contributed by atoms with Crippen molar-refractivity contribution in [2.75, 3.05) is 24.5 Å². The van der Waals surface area contributed by atoms with Gasteiger partial charge in [0.1, 0.15) is 0 Å². The van der Waals surface area contributed by atoms with Gasteiger partial charge in [0.25, 0.3) is 0 Å². The first-order valence-electron chi connectivity index (χ1n) is 8.27. The van der Waals surface area contributed by atoms with Gasteiger partial charge in [-0.2, -0.15) is 0 Å². The Morgan fingerprint density at radius 2 is 1.95 bits per heavy atom. The van der Waals surface area contributed by atoms with E-state index in [4.69, 9.17) is 0 Å². The maximum atomic E-state index is 3.75. The summed E-state index contributed by atoms with van der Waals surface area (Å²) in [6.07, 6.45) is 3.90. The van der Waals surface area contributed by atoms with Gasteiger partial charge >= 0.3 is 0 Å². The van der Waals surface area contributed by atoms with E-state index in [1.165, 1.54) is 48.1 Å². The normalized spacial score (nSPS) is 19.6. The number of nitrogens with one attached hydrogen (secondary N) is 1. The molecule has 0 saturated carbocycles. The van der Waals surface area contributed by atoms with Crippen LogP contribution in [0.2, 0.25) is 0 Å². The van der Waals surface area contributed by atoms with Crippen molar-refractivity contribution < 1.29 is 0 Å². The predicted octanol–water partition coefficient (Wildman–Crippen LogP) is 5.14. The highest BCUT2D eigenvalue weighted by Crippen LogP contribution is 2.36. The molecule has 1 aromatic rings. The lowest BCUT2D eigenvalue weighted by Gasteiger charge is -2.40. The van der Waals surface area contributed by atoms with Crippen LogP contribution in [-0.4, -0.2) is 19.6 Å². The number of hydrogen-bond acceptors (Lipinski definition) is 2. The monoisotopic (exact) mass is 352 g/mol. The van der Waals surface area contributed by atoms with Crippen molar-refractivity contribution in [2.24, 2.45) is 5.41 Å². The van der Waals surface area contributed by atoms with E-state index in [0.29, 0.717) is 11.5 Å². The van der Waals surface area contributed by atoms with E-state index in [0.717, 1.165) is 6.54 Å². The Labute approximate surface area is 138 Å². The zero-order valence-electron chi connectivity index (χ0n) is 13.9. The second kappa shape index (κ2) is 7.15. The fraction of sp³-hybridized carbons (Fsp3) is 0.667. The fourth-order valence-electron chi connectivity index (χ4n) is 3.14.